The maximum atomic E-state index is 11.5. The van der Waals surface area contributed by atoms with Gasteiger partial charge in [-0.25, -0.2) is 18.1 Å². The van der Waals surface area contributed by atoms with E-state index in [1.54, 1.807) is 13.1 Å². The smallest absolute Gasteiger partial charge is 0.211 e. The Hall–Kier alpha value is -0.920. The van der Waals surface area contributed by atoms with Crippen LogP contribution in [0.1, 0.15) is 31.7 Å². The molecule has 2 atom stereocenters. The van der Waals surface area contributed by atoms with Crippen LogP contribution in [-0.4, -0.2) is 36.9 Å². The zero-order chi connectivity index (χ0) is 13.9. The molecule has 1 aliphatic heterocycles. The van der Waals surface area contributed by atoms with Crippen molar-refractivity contribution in [1.82, 2.24) is 14.3 Å². The van der Waals surface area contributed by atoms with Gasteiger partial charge in [0.2, 0.25) is 10.0 Å². The van der Waals surface area contributed by atoms with E-state index in [-0.39, 0.29) is 17.8 Å². The molecule has 1 saturated heterocycles. The summed E-state index contributed by atoms with van der Waals surface area (Å²) in [6, 6.07) is 0. The second kappa shape index (κ2) is 6.02. The normalized spacial score (nSPS) is 24.5. The quantitative estimate of drug-likeness (QED) is 0.870. The summed E-state index contributed by atoms with van der Waals surface area (Å²) in [5.74, 6) is 1.10. The van der Waals surface area contributed by atoms with Crippen LogP contribution < -0.4 is 4.72 Å². The van der Waals surface area contributed by atoms with Gasteiger partial charge in [-0.1, -0.05) is 0 Å². The molecule has 1 aromatic heterocycles. The molecule has 0 aromatic carbocycles. The summed E-state index contributed by atoms with van der Waals surface area (Å²) in [5.41, 5.74) is 0. The molecule has 0 spiro atoms. The maximum absolute atomic E-state index is 11.5. The van der Waals surface area contributed by atoms with Gasteiger partial charge in [-0.15, -0.1) is 0 Å². The van der Waals surface area contributed by atoms with Crippen LogP contribution in [0.3, 0.4) is 0 Å². The second-order valence-electron chi connectivity index (χ2n) is 4.84. The van der Waals surface area contributed by atoms with Crippen molar-refractivity contribution in [2.24, 2.45) is 13.0 Å². The summed E-state index contributed by atoms with van der Waals surface area (Å²) in [6.07, 6.45) is 5.39. The first-order valence-electron chi connectivity index (χ1n) is 6.59. The van der Waals surface area contributed by atoms with E-state index in [9.17, 15) is 8.42 Å². The summed E-state index contributed by atoms with van der Waals surface area (Å²) < 4.78 is 33.4. The Morgan fingerprint density at radius 1 is 1.58 bits per heavy atom. The Bertz CT molecular complexity index is 512. The summed E-state index contributed by atoms with van der Waals surface area (Å²) in [4.78, 5) is 4.32. The van der Waals surface area contributed by atoms with Crippen molar-refractivity contribution in [2.45, 2.75) is 25.9 Å². The van der Waals surface area contributed by atoms with Crippen LogP contribution in [0, 0.1) is 5.92 Å². The Labute approximate surface area is 114 Å². The van der Waals surface area contributed by atoms with Crippen LogP contribution in [0.4, 0.5) is 0 Å². The molecule has 108 valence electrons. The third kappa shape index (κ3) is 3.55. The highest BCUT2D eigenvalue weighted by atomic mass is 32.2. The van der Waals surface area contributed by atoms with E-state index in [4.69, 9.17) is 4.74 Å². The van der Waals surface area contributed by atoms with Crippen LogP contribution in [-0.2, 0) is 21.8 Å². The molecule has 0 radical (unpaired) electrons. The number of aromatic nitrogens is 2. The van der Waals surface area contributed by atoms with Crippen molar-refractivity contribution in [1.29, 1.82) is 0 Å². The maximum Gasteiger partial charge on any atom is 0.211 e. The molecule has 2 heterocycles. The third-order valence-corrected chi connectivity index (χ3v) is 4.87. The van der Waals surface area contributed by atoms with Crippen molar-refractivity contribution in [3.63, 3.8) is 0 Å². The first-order chi connectivity index (χ1) is 9.03. The highest BCUT2D eigenvalue weighted by molar-refractivity contribution is 7.89. The molecule has 1 aliphatic rings. The molecular weight excluding hydrogens is 266 g/mol. The van der Waals surface area contributed by atoms with Crippen molar-refractivity contribution < 1.29 is 13.2 Å². The lowest BCUT2D eigenvalue weighted by atomic mass is 9.94. The third-order valence-electron chi connectivity index (χ3n) is 3.50. The lowest BCUT2D eigenvalue weighted by Crippen LogP contribution is -2.36. The lowest BCUT2D eigenvalue weighted by Gasteiger charge is -2.31. The van der Waals surface area contributed by atoms with Gasteiger partial charge >= 0.3 is 0 Å². The number of nitrogens with one attached hydrogen (secondary N) is 1. The number of hydrogen-bond donors (Lipinski definition) is 1. The molecule has 0 aliphatic carbocycles. The monoisotopic (exact) mass is 287 g/mol. The fraction of sp³-hybridized carbons (Fsp3) is 0.750. The van der Waals surface area contributed by atoms with E-state index in [0.29, 0.717) is 13.2 Å². The largest absolute Gasteiger partial charge is 0.370 e. The molecule has 19 heavy (non-hydrogen) atoms. The van der Waals surface area contributed by atoms with Gasteiger partial charge in [-0.3, -0.25) is 0 Å². The van der Waals surface area contributed by atoms with E-state index in [1.165, 1.54) is 0 Å². The molecule has 0 saturated carbocycles. The zero-order valence-electron chi connectivity index (χ0n) is 11.4. The fourth-order valence-electron chi connectivity index (χ4n) is 2.33. The van der Waals surface area contributed by atoms with E-state index in [2.05, 4.69) is 9.71 Å². The van der Waals surface area contributed by atoms with Crippen molar-refractivity contribution in [3.8, 4) is 0 Å². The Kier molecular flexibility index (Phi) is 4.59. The van der Waals surface area contributed by atoms with Crippen LogP contribution >= 0.6 is 0 Å². The number of sulfonamides is 1. The zero-order valence-corrected chi connectivity index (χ0v) is 12.2. The van der Waals surface area contributed by atoms with Crippen molar-refractivity contribution in [2.75, 3.05) is 18.9 Å². The first kappa shape index (κ1) is 14.5. The molecule has 0 unspecified atom stereocenters. The minimum absolute atomic E-state index is 0.105. The minimum atomic E-state index is -3.15. The highest BCUT2D eigenvalue weighted by Crippen LogP contribution is 2.32. The van der Waals surface area contributed by atoms with Crippen LogP contribution in [0.2, 0.25) is 0 Å². The SMILES string of the molecule is CCS(=O)(=O)NC[C@@H]1CCCO[C@H]1c1nccn1C. The highest BCUT2D eigenvalue weighted by Gasteiger charge is 2.30. The van der Waals surface area contributed by atoms with E-state index < -0.39 is 10.0 Å². The topological polar surface area (TPSA) is 73.2 Å². The Balaban J connectivity index is 2.07. The van der Waals surface area contributed by atoms with Gasteiger partial charge in [0.25, 0.3) is 0 Å². The molecular formula is C12H21N3O3S. The van der Waals surface area contributed by atoms with Gasteiger partial charge in [-0.05, 0) is 19.8 Å². The van der Waals surface area contributed by atoms with Gasteiger partial charge < -0.3 is 9.30 Å². The number of nitrogens with zero attached hydrogens (tertiary/aromatic N) is 2. The average Bonchev–Trinajstić information content (AvgIpc) is 2.83. The summed E-state index contributed by atoms with van der Waals surface area (Å²) >= 11 is 0. The molecule has 2 rings (SSSR count). The Morgan fingerprint density at radius 3 is 3.00 bits per heavy atom. The lowest BCUT2D eigenvalue weighted by molar-refractivity contribution is -0.0328. The predicted molar refractivity (Wildman–Crippen MR) is 72.1 cm³/mol. The molecule has 1 aromatic rings. The number of aryl methyl sites for hydroxylation is 1. The average molecular weight is 287 g/mol. The van der Waals surface area contributed by atoms with Crippen molar-refractivity contribution in [3.05, 3.63) is 18.2 Å². The minimum Gasteiger partial charge on any atom is -0.370 e. The van der Waals surface area contributed by atoms with Gasteiger partial charge in [0, 0.05) is 38.5 Å². The number of rotatable bonds is 5. The van der Waals surface area contributed by atoms with Crippen molar-refractivity contribution >= 4 is 10.0 Å². The molecule has 0 amide bonds. The van der Waals surface area contributed by atoms with E-state index in [0.717, 1.165) is 18.7 Å². The molecule has 6 nitrogen and oxygen atoms in total. The summed E-state index contributed by atoms with van der Waals surface area (Å²) in [7, 11) is -1.23. The Morgan fingerprint density at radius 2 is 2.37 bits per heavy atom. The van der Waals surface area contributed by atoms with Crippen LogP contribution in [0.15, 0.2) is 12.4 Å². The molecule has 1 fully saturated rings. The second-order valence-corrected chi connectivity index (χ2v) is 6.94. The predicted octanol–water partition coefficient (Wildman–Crippen LogP) is 0.827. The summed E-state index contributed by atoms with van der Waals surface area (Å²) in [5, 5.41) is 0. The standard InChI is InChI=1S/C12H21N3O3S/c1-3-19(16,17)14-9-10-5-4-8-18-11(10)12-13-6-7-15(12)2/h6-7,10-11,14H,3-5,8-9H2,1-2H3/t10-,11+/m0/s1. The van der Waals surface area contributed by atoms with Gasteiger partial charge in [0.1, 0.15) is 11.9 Å². The molecule has 0 bridgehead atoms. The summed E-state index contributed by atoms with van der Waals surface area (Å²) in [6.45, 7) is 2.75. The van der Waals surface area contributed by atoms with Gasteiger partial charge in [0.05, 0.1) is 5.75 Å². The van der Waals surface area contributed by atoms with Gasteiger partial charge in [0.15, 0.2) is 0 Å². The molecule has 7 heteroatoms. The van der Waals surface area contributed by atoms with E-state index in [1.807, 2.05) is 17.8 Å². The van der Waals surface area contributed by atoms with E-state index >= 15 is 0 Å². The van der Waals surface area contributed by atoms with Crippen LogP contribution in [0.5, 0.6) is 0 Å². The molecule has 1 N–H and O–H groups in total. The fourth-order valence-corrected chi connectivity index (χ4v) is 3.00. The number of hydrogen-bond acceptors (Lipinski definition) is 4. The van der Waals surface area contributed by atoms with Crippen LogP contribution in [0.25, 0.3) is 0 Å². The van der Waals surface area contributed by atoms with Gasteiger partial charge in [-0.2, -0.15) is 0 Å². The number of imidazole rings is 1. The first-order valence-corrected chi connectivity index (χ1v) is 8.25. The number of ether oxygens (including phenoxy) is 1.